The van der Waals surface area contributed by atoms with E-state index in [2.05, 4.69) is 24.0 Å². The molecule has 124 valence electrons. The standard InChI is InChI=1S/C19H20N2OS2/c1-12-7-8-14-15(11-12)24-17-16(14)18(22)21(19(23)20-17)10-9-13-5-3-2-4-6-13/h2-6,12H,7-11H2,1H3,(H,20,23)/t12-/m0/s1. The van der Waals surface area contributed by atoms with E-state index in [1.165, 1.54) is 16.0 Å². The summed E-state index contributed by atoms with van der Waals surface area (Å²) in [6, 6.07) is 10.2. The lowest BCUT2D eigenvalue weighted by atomic mass is 9.89. The van der Waals surface area contributed by atoms with Crippen molar-refractivity contribution >= 4 is 33.8 Å². The monoisotopic (exact) mass is 356 g/mol. The molecule has 0 saturated carbocycles. The minimum atomic E-state index is 0.0803. The van der Waals surface area contributed by atoms with Crippen molar-refractivity contribution in [2.75, 3.05) is 0 Å². The molecule has 2 heterocycles. The molecule has 4 rings (SSSR count). The molecule has 1 aliphatic carbocycles. The summed E-state index contributed by atoms with van der Waals surface area (Å²) in [4.78, 5) is 18.7. The Kier molecular flexibility index (Phi) is 4.14. The Morgan fingerprint density at radius 1 is 1.33 bits per heavy atom. The number of aromatic amines is 1. The average Bonchev–Trinajstić information content (AvgIpc) is 2.92. The highest BCUT2D eigenvalue weighted by atomic mass is 32.1. The zero-order valence-corrected chi connectivity index (χ0v) is 15.3. The first-order valence-corrected chi connectivity index (χ1v) is 9.67. The van der Waals surface area contributed by atoms with Gasteiger partial charge in [-0.3, -0.25) is 9.36 Å². The number of aromatic nitrogens is 2. The molecular formula is C19H20N2OS2. The number of aryl methyl sites for hydroxylation is 2. The van der Waals surface area contributed by atoms with E-state index in [-0.39, 0.29) is 5.56 Å². The number of thiophene rings is 1. The third-order valence-corrected chi connectivity index (χ3v) is 6.40. The van der Waals surface area contributed by atoms with Crippen LogP contribution < -0.4 is 5.56 Å². The number of rotatable bonds is 3. The van der Waals surface area contributed by atoms with Crippen LogP contribution in [0.1, 0.15) is 29.3 Å². The third-order valence-electron chi connectivity index (χ3n) is 4.90. The van der Waals surface area contributed by atoms with E-state index in [1.807, 2.05) is 18.2 Å². The Hall–Kier alpha value is -1.72. The average molecular weight is 357 g/mol. The Labute approximate surface area is 150 Å². The van der Waals surface area contributed by atoms with Gasteiger partial charge in [-0.2, -0.15) is 0 Å². The van der Waals surface area contributed by atoms with Crippen molar-refractivity contribution in [1.29, 1.82) is 0 Å². The molecule has 0 saturated heterocycles. The van der Waals surface area contributed by atoms with E-state index in [1.54, 1.807) is 15.9 Å². The molecule has 0 aliphatic heterocycles. The van der Waals surface area contributed by atoms with Gasteiger partial charge in [0.15, 0.2) is 4.77 Å². The number of benzene rings is 1. The van der Waals surface area contributed by atoms with Crippen LogP contribution in [0.4, 0.5) is 0 Å². The van der Waals surface area contributed by atoms with Crippen molar-refractivity contribution in [3.05, 3.63) is 61.5 Å². The van der Waals surface area contributed by atoms with Crippen molar-refractivity contribution in [3.63, 3.8) is 0 Å². The van der Waals surface area contributed by atoms with Crippen molar-refractivity contribution in [2.24, 2.45) is 5.92 Å². The van der Waals surface area contributed by atoms with Crippen LogP contribution in [0.3, 0.4) is 0 Å². The topological polar surface area (TPSA) is 37.8 Å². The molecule has 0 unspecified atom stereocenters. The summed E-state index contributed by atoms with van der Waals surface area (Å²) < 4.78 is 2.27. The van der Waals surface area contributed by atoms with Crippen molar-refractivity contribution in [3.8, 4) is 0 Å². The summed E-state index contributed by atoms with van der Waals surface area (Å²) in [5, 5.41) is 0.878. The number of fused-ring (bicyclic) bond motifs is 3. The second kappa shape index (κ2) is 6.30. The molecule has 0 bridgehead atoms. The first-order valence-electron chi connectivity index (χ1n) is 8.45. The van der Waals surface area contributed by atoms with Gasteiger partial charge in [-0.25, -0.2) is 0 Å². The molecule has 0 amide bonds. The molecule has 5 heteroatoms. The summed E-state index contributed by atoms with van der Waals surface area (Å²) in [6.07, 6.45) is 4.07. The quantitative estimate of drug-likeness (QED) is 0.702. The predicted molar refractivity (Wildman–Crippen MR) is 103 cm³/mol. The molecular weight excluding hydrogens is 336 g/mol. The smallest absolute Gasteiger partial charge is 0.263 e. The number of nitrogens with zero attached hydrogens (tertiary/aromatic N) is 1. The van der Waals surface area contributed by atoms with Gasteiger partial charge in [-0.1, -0.05) is 37.3 Å². The fourth-order valence-electron chi connectivity index (χ4n) is 3.55. The van der Waals surface area contributed by atoms with Crippen LogP contribution in [0.5, 0.6) is 0 Å². The molecule has 1 atom stereocenters. The Morgan fingerprint density at radius 3 is 2.92 bits per heavy atom. The van der Waals surface area contributed by atoms with Gasteiger partial charge in [-0.05, 0) is 54.9 Å². The second-order valence-corrected chi connectivity index (χ2v) is 8.17. The Balaban J connectivity index is 1.76. The summed E-state index contributed by atoms with van der Waals surface area (Å²) in [5.74, 6) is 0.703. The second-order valence-electron chi connectivity index (χ2n) is 6.68. The van der Waals surface area contributed by atoms with E-state index in [0.29, 0.717) is 17.2 Å². The molecule has 1 aromatic carbocycles. The van der Waals surface area contributed by atoms with Crippen molar-refractivity contribution in [1.82, 2.24) is 9.55 Å². The molecule has 0 spiro atoms. The van der Waals surface area contributed by atoms with Gasteiger partial charge in [0.2, 0.25) is 0 Å². The fraction of sp³-hybridized carbons (Fsp3) is 0.368. The van der Waals surface area contributed by atoms with Crippen LogP contribution in [0, 0.1) is 10.7 Å². The highest BCUT2D eigenvalue weighted by Gasteiger charge is 2.23. The van der Waals surface area contributed by atoms with E-state index >= 15 is 0 Å². The number of H-pyrrole nitrogens is 1. The number of nitrogens with one attached hydrogen (secondary N) is 1. The van der Waals surface area contributed by atoms with Crippen LogP contribution in [-0.2, 0) is 25.8 Å². The maximum atomic E-state index is 13.1. The van der Waals surface area contributed by atoms with E-state index < -0.39 is 0 Å². The van der Waals surface area contributed by atoms with Gasteiger partial charge in [-0.15, -0.1) is 11.3 Å². The zero-order chi connectivity index (χ0) is 16.7. The summed E-state index contributed by atoms with van der Waals surface area (Å²) in [5.41, 5.74) is 2.56. The highest BCUT2D eigenvalue weighted by Crippen LogP contribution is 2.35. The molecule has 3 aromatic rings. The first kappa shape index (κ1) is 15.8. The first-order chi connectivity index (χ1) is 11.6. The molecule has 24 heavy (non-hydrogen) atoms. The summed E-state index contributed by atoms with van der Waals surface area (Å²) in [7, 11) is 0. The maximum Gasteiger partial charge on any atom is 0.263 e. The highest BCUT2D eigenvalue weighted by molar-refractivity contribution is 7.71. The van der Waals surface area contributed by atoms with Gasteiger partial charge < -0.3 is 4.98 Å². The van der Waals surface area contributed by atoms with Gasteiger partial charge in [0, 0.05) is 11.4 Å². The maximum absolute atomic E-state index is 13.1. The lowest BCUT2D eigenvalue weighted by Crippen LogP contribution is -2.24. The van der Waals surface area contributed by atoms with Crippen LogP contribution in [0.25, 0.3) is 10.2 Å². The van der Waals surface area contributed by atoms with E-state index in [4.69, 9.17) is 12.2 Å². The zero-order valence-electron chi connectivity index (χ0n) is 13.7. The predicted octanol–water partition coefficient (Wildman–Crippen LogP) is 4.49. The third kappa shape index (κ3) is 2.76. The SMILES string of the molecule is C[C@H]1CCc2c(sc3[nH]c(=S)n(CCc4ccccc4)c(=O)c23)C1. The summed E-state index contributed by atoms with van der Waals surface area (Å²) >= 11 is 7.18. The van der Waals surface area contributed by atoms with Crippen molar-refractivity contribution < 1.29 is 0 Å². The Bertz CT molecular complexity index is 998. The van der Waals surface area contributed by atoms with Gasteiger partial charge >= 0.3 is 0 Å². The minimum Gasteiger partial charge on any atom is -0.323 e. The molecule has 1 N–H and O–H groups in total. The normalized spacial score (nSPS) is 17.1. The van der Waals surface area contributed by atoms with Gasteiger partial charge in [0.1, 0.15) is 4.83 Å². The Morgan fingerprint density at radius 2 is 2.12 bits per heavy atom. The minimum absolute atomic E-state index is 0.0803. The molecule has 0 fully saturated rings. The molecule has 1 aliphatic rings. The van der Waals surface area contributed by atoms with Crippen LogP contribution in [-0.4, -0.2) is 9.55 Å². The summed E-state index contributed by atoms with van der Waals surface area (Å²) in [6.45, 7) is 2.91. The largest absolute Gasteiger partial charge is 0.323 e. The molecule has 3 nitrogen and oxygen atoms in total. The van der Waals surface area contributed by atoms with E-state index in [9.17, 15) is 4.79 Å². The van der Waals surface area contributed by atoms with Crippen LogP contribution >= 0.6 is 23.6 Å². The van der Waals surface area contributed by atoms with Crippen LogP contribution in [0.2, 0.25) is 0 Å². The lowest BCUT2D eigenvalue weighted by molar-refractivity contribution is 0.509. The van der Waals surface area contributed by atoms with Crippen molar-refractivity contribution in [2.45, 2.75) is 39.2 Å². The molecule has 2 aromatic heterocycles. The number of hydrogen-bond acceptors (Lipinski definition) is 3. The fourth-order valence-corrected chi connectivity index (χ4v) is 5.29. The van der Waals surface area contributed by atoms with E-state index in [0.717, 1.165) is 35.9 Å². The van der Waals surface area contributed by atoms with Crippen LogP contribution in [0.15, 0.2) is 35.1 Å². The van der Waals surface area contributed by atoms with Gasteiger partial charge in [0.05, 0.1) is 5.39 Å². The number of hydrogen-bond donors (Lipinski definition) is 1. The lowest BCUT2D eigenvalue weighted by Gasteiger charge is -2.17. The molecule has 0 radical (unpaired) electrons. The van der Waals surface area contributed by atoms with Gasteiger partial charge in [0.25, 0.3) is 5.56 Å².